The summed E-state index contributed by atoms with van der Waals surface area (Å²) in [5.41, 5.74) is 4.85. The van der Waals surface area contributed by atoms with Gasteiger partial charge in [0.25, 0.3) is 0 Å². The van der Waals surface area contributed by atoms with Crippen LogP contribution >= 0.6 is 0 Å². The molecule has 0 spiro atoms. The van der Waals surface area contributed by atoms with Crippen molar-refractivity contribution in [3.05, 3.63) is 0 Å². The van der Waals surface area contributed by atoms with Crippen molar-refractivity contribution in [2.24, 2.45) is 5.73 Å². The molecule has 2 nitrogen and oxygen atoms in total. The largest absolute Gasteiger partial charge is 0.379 e. The summed E-state index contributed by atoms with van der Waals surface area (Å²) >= 11 is 0. The van der Waals surface area contributed by atoms with Crippen molar-refractivity contribution in [2.45, 2.75) is 31.2 Å². The molecule has 0 radical (unpaired) electrons. The van der Waals surface area contributed by atoms with Gasteiger partial charge in [0, 0.05) is 18.6 Å². The Morgan fingerprint density at radius 1 is 1.64 bits per heavy atom. The van der Waals surface area contributed by atoms with Gasteiger partial charge in [-0.25, -0.2) is 8.78 Å². The molecule has 11 heavy (non-hydrogen) atoms. The van der Waals surface area contributed by atoms with Gasteiger partial charge in [0.05, 0.1) is 6.61 Å². The first-order chi connectivity index (χ1) is 4.91. The Labute approximate surface area is 64.7 Å². The SMILES string of the molecule is CC(F)(F)CC1(N)CCOC1. The summed E-state index contributed by atoms with van der Waals surface area (Å²) in [6.45, 7) is 1.66. The van der Waals surface area contributed by atoms with E-state index >= 15 is 0 Å². The number of rotatable bonds is 2. The van der Waals surface area contributed by atoms with Crippen LogP contribution in [0.15, 0.2) is 0 Å². The monoisotopic (exact) mass is 165 g/mol. The summed E-state index contributed by atoms with van der Waals surface area (Å²) in [4.78, 5) is 0. The quantitative estimate of drug-likeness (QED) is 0.666. The predicted octanol–water partition coefficient (Wildman–Crippen LogP) is 1.15. The van der Waals surface area contributed by atoms with E-state index in [2.05, 4.69) is 0 Å². The number of hydrogen-bond acceptors (Lipinski definition) is 2. The molecular formula is C7H13F2NO. The van der Waals surface area contributed by atoms with Crippen molar-refractivity contribution in [1.29, 1.82) is 0 Å². The molecule has 0 aliphatic carbocycles. The Balaban J connectivity index is 2.46. The van der Waals surface area contributed by atoms with Crippen molar-refractivity contribution < 1.29 is 13.5 Å². The normalized spacial score (nSPS) is 32.7. The molecule has 0 amide bonds. The van der Waals surface area contributed by atoms with E-state index in [1.807, 2.05) is 0 Å². The van der Waals surface area contributed by atoms with Crippen LogP contribution < -0.4 is 5.73 Å². The fourth-order valence-electron chi connectivity index (χ4n) is 1.38. The standard InChI is InChI=1S/C7H13F2NO/c1-6(8,9)4-7(10)2-3-11-5-7/h2-5,10H2,1H3. The van der Waals surface area contributed by atoms with Crippen molar-refractivity contribution in [3.8, 4) is 0 Å². The Hall–Kier alpha value is -0.220. The van der Waals surface area contributed by atoms with Crippen molar-refractivity contribution in [2.75, 3.05) is 13.2 Å². The molecule has 0 saturated carbocycles. The number of nitrogens with two attached hydrogens (primary N) is 1. The number of halogens is 2. The maximum atomic E-state index is 12.5. The Morgan fingerprint density at radius 2 is 2.27 bits per heavy atom. The Kier molecular flexibility index (Phi) is 2.16. The zero-order chi connectivity index (χ0) is 8.54. The predicted molar refractivity (Wildman–Crippen MR) is 37.6 cm³/mol. The van der Waals surface area contributed by atoms with E-state index in [4.69, 9.17) is 10.5 Å². The minimum Gasteiger partial charge on any atom is -0.379 e. The smallest absolute Gasteiger partial charge is 0.247 e. The molecule has 0 aromatic rings. The fourth-order valence-corrected chi connectivity index (χ4v) is 1.38. The molecule has 0 aromatic carbocycles. The summed E-state index contributed by atoms with van der Waals surface area (Å²) < 4.78 is 29.9. The highest BCUT2D eigenvalue weighted by Crippen LogP contribution is 2.29. The molecule has 1 aliphatic heterocycles. The van der Waals surface area contributed by atoms with E-state index < -0.39 is 11.5 Å². The molecule has 2 N–H and O–H groups in total. The molecule has 1 unspecified atom stereocenters. The third-order valence-corrected chi connectivity index (χ3v) is 1.80. The Morgan fingerprint density at radius 3 is 2.64 bits per heavy atom. The summed E-state index contributed by atoms with van der Waals surface area (Å²) in [5.74, 6) is -2.68. The molecule has 1 aliphatic rings. The van der Waals surface area contributed by atoms with Crippen molar-refractivity contribution in [3.63, 3.8) is 0 Å². The highest BCUT2D eigenvalue weighted by Gasteiger charge is 2.38. The van der Waals surface area contributed by atoms with Gasteiger partial charge in [-0.05, 0) is 13.3 Å². The van der Waals surface area contributed by atoms with Crippen LogP contribution in [-0.2, 0) is 4.74 Å². The van der Waals surface area contributed by atoms with Crippen LogP contribution in [0.5, 0.6) is 0 Å². The van der Waals surface area contributed by atoms with Gasteiger partial charge < -0.3 is 10.5 Å². The molecule has 0 aromatic heterocycles. The van der Waals surface area contributed by atoms with E-state index in [1.165, 1.54) is 0 Å². The van der Waals surface area contributed by atoms with Gasteiger partial charge in [-0.15, -0.1) is 0 Å². The second-order valence-electron chi connectivity index (χ2n) is 3.41. The summed E-state index contributed by atoms with van der Waals surface area (Å²) in [6, 6.07) is 0. The lowest BCUT2D eigenvalue weighted by atomic mass is 9.93. The van der Waals surface area contributed by atoms with Gasteiger partial charge in [0.1, 0.15) is 0 Å². The molecule has 1 rings (SSSR count). The summed E-state index contributed by atoms with van der Waals surface area (Å²) in [7, 11) is 0. The van der Waals surface area contributed by atoms with Gasteiger partial charge >= 0.3 is 0 Å². The maximum Gasteiger partial charge on any atom is 0.247 e. The third-order valence-electron chi connectivity index (χ3n) is 1.80. The van der Waals surface area contributed by atoms with Gasteiger partial charge in [-0.3, -0.25) is 0 Å². The van der Waals surface area contributed by atoms with Crippen LogP contribution in [0.1, 0.15) is 19.8 Å². The van der Waals surface area contributed by atoms with E-state index in [1.54, 1.807) is 0 Å². The summed E-state index contributed by atoms with van der Waals surface area (Å²) in [5, 5.41) is 0. The minimum atomic E-state index is -2.68. The van der Waals surface area contributed by atoms with E-state index in [-0.39, 0.29) is 13.0 Å². The third kappa shape index (κ3) is 2.71. The molecule has 4 heteroatoms. The van der Waals surface area contributed by atoms with Crippen LogP contribution in [0, 0.1) is 0 Å². The van der Waals surface area contributed by atoms with Crippen LogP contribution in [0.4, 0.5) is 8.78 Å². The topological polar surface area (TPSA) is 35.2 Å². The van der Waals surface area contributed by atoms with Gasteiger partial charge in [-0.2, -0.15) is 0 Å². The number of hydrogen-bond donors (Lipinski definition) is 1. The van der Waals surface area contributed by atoms with Crippen LogP contribution in [0.25, 0.3) is 0 Å². The molecule has 1 fully saturated rings. The lowest BCUT2D eigenvalue weighted by Crippen LogP contribution is -2.44. The molecular weight excluding hydrogens is 152 g/mol. The molecule has 66 valence electrons. The lowest BCUT2D eigenvalue weighted by Gasteiger charge is -2.24. The van der Waals surface area contributed by atoms with Gasteiger partial charge in [0.2, 0.25) is 5.92 Å². The average molecular weight is 165 g/mol. The molecule has 1 heterocycles. The van der Waals surface area contributed by atoms with Crippen LogP contribution in [-0.4, -0.2) is 24.7 Å². The molecule has 0 bridgehead atoms. The van der Waals surface area contributed by atoms with Gasteiger partial charge in [-0.1, -0.05) is 0 Å². The van der Waals surface area contributed by atoms with Crippen LogP contribution in [0.3, 0.4) is 0 Å². The van der Waals surface area contributed by atoms with E-state index in [9.17, 15) is 8.78 Å². The highest BCUT2D eigenvalue weighted by molar-refractivity contribution is 4.91. The zero-order valence-corrected chi connectivity index (χ0v) is 6.57. The van der Waals surface area contributed by atoms with E-state index in [0.717, 1.165) is 6.92 Å². The first-order valence-electron chi connectivity index (χ1n) is 3.66. The van der Waals surface area contributed by atoms with Crippen LogP contribution in [0.2, 0.25) is 0 Å². The van der Waals surface area contributed by atoms with E-state index in [0.29, 0.717) is 13.0 Å². The lowest BCUT2D eigenvalue weighted by molar-refractivity contribution is -0.0110. The Bertz CT molecular complexity index is 138. The fraction of sp³-hybridized carbons (Fsp3) is 1.00. The molecule has 1 atom stereocenters. The number of ether oxygens (including phenoxy) is 1. The highest BCUT2D eigenvalue weighted by atomic mass is 19.3. The average Bonchev–Trinajstić information content (AvgIpc) is 2.09. The number of alkyl halides is 2. The second-order valence-corrected chi connectivity index (χ2v) is 3.41. The first-order valence-corrected chi connectivity index (χ1v) is 3.66. The summed E-state index contributed by atoms with van der Waals surface area (Å²) in [6.07, 6.45) is 0.260. The molecule has 1 saturated heterocycles. The maximum absolute atomic E-state index is 12.5. The van der Waals surface area contributed by atoms with Crippen molar-refractivity contribution >= 4 is 0 Å². The van der Waals surface area contributed by atoms with Crippen molar-refractivity contribution in [1.82, 2.24) is 0 Å². The first kappa shape index (κ1) is 8.87. The minimum absolute atomic E-state index is 0.260. The zero-order valence-electron chi connectivity index (χ0n) is 6.57. The van der Waals surface area contributed by atoms with Gasteiger partial charge in [0.15, 0.2) is 0 Å². The second kappa shape index (κ2) is 2.68.